The van der Waals surface area contributed by atoms with E-state index >= 15 is 0 Å². The van der Waals surface area contributed by atoms with Gasteiger partial charge in [-0.1, -0.05) is 29.5 Å². The number of thiazole rings is 1. The number of aryl methyl sites for hydroxylation is 3. The van der Waals surface area contributed by atoms with Crippen LogP contribution in [0.5, 0.6) is 0 Å². The van der Waals surface area contributed by atoms with Gasteiger partial charge in [-0.15, -0.1) is 0 Å². The zero-order chi connectivity index (χ0) is 15.0. The lowest BCUT2D eigenvalue weighted by Crippen LogP contribution is -2.13. The molecule has 5 nitrogen and oxygen atoms in total. The first kappa shape index (κ1) is 13.8. The minimum Gasteiger partial charge on any atom is -0.361 e. The van der Waals surface area contributed by atoms with E-state index < -0.39 is 0 Å². The Morgan fingerprint density at radius 2 is 2.24 bits per heavy atom. The number of rotatable bonds is 2. The molecule has 0 bridgehead atoms. The van der Waals surface area contributed by atoms with Gasteiger partial charge in [-0.2, -0.15) is 4.99 Å². The molecule has 0 fully saturated rings. The summed E-state index contributed by atoms with van der Waals surface area (Å²) in [4.78, 5) is 16.9. The molecule has 1 aromatic carbocycles. The molecule has 0 unspecified atom stereocenters. The van der Waals surface area contributed by atoms with E-state index in [1.165, 1.54) is 16.9 Å². The van der Waals surface area contributed by atoms with Gasteiger partial charge in [0.25, 0.3) is 0 Å². The Morgan fingerprint density at radius 3 is 2.90 bits per heavy atom. The quantitative estimate of drug-likeness (QED) is 0.731. The monoisotopic (exact) mass is 301 g/mol. The summed E-state index contributed by atoms with van der Waals surface area (Å²) in [5.41, 5.74) is 2.58. The Labute approximate surface area is 125 Å². The molecular weight excluding hydrogens is 286 g/mol. The molecule has 0 aliphatic heterocycles. The molecule has 0 aliphatic carbocycles. The van der Waals surface area contributed by atoms with Crippen LogP contribution in [0, 0.1) is 6.92 Å². The van der Waals surface area contributed by atoms with Gasteiger partial charge in [0.15, 0.2) is 10.5 Å². The van der Waals surface area contributed by atoms with Crippen LogP contribution in [0.2, 0.25) is 0 Å². The third-order valence-electron chi connectivity index (χ3n) is 3.33. The Kier molecular flexibility index (Phi) is 3.47. The highest BCUT2D eigenvalue weighted by Crippen LogP contribution is 2.18. The topological polar surface area (TPSA) is 60.4 Å². The number of carbonyl (C=O) groups excluding carboxylic acids is 1. The highest BCUT2D eigenvalue weighted by molar-refractivity contribution is 7.16. The molecule has 0 aliphatic rings. The first-order valence-corrected chi connectivity index (χ1v) is 7.51. The average molecular weight is 301 g/mol. The predicted octanol–water partition coefficient (Wildman–Crippen LogP) is 2.84. The smallest absolute Gasteiger partial charge is 0.301 e. The fourth-order valence-corrected chi connectivity index (χ4v) is 3.20. The number of aromatic nitrogens is 2. The van der Waals surface area contributed by atoms with Crippen molar-refractivity contribution >= 4 is 27.5 Å². The molecule has 0 radical (unpaired) electrons. The van der Waals surface area contributed by atoms with Crippen molar-refractivity contribution < 1.29 is 9.32 Å². The lowest BCUT2D eigenvalue weighted by Gasteiger charge is -1.97. The second-order valence-corrected chi connectivity index (χ2v) is 5.85. The van der Waals surface area contributed by atoms with Crippen molar-refractivity contribution in [1.29, 1.82) is 0 Å². The van der Waals surface area contributed by atoms with Crippen molar-refractivity contribution in [3.63, 3.8) is 0 Å². The number of hydrogen-bond acceptors (Lipinski definition) is 4. The fourth-order valence-electron chi connectivity index (χ4n) is 2.12. The van der Waals surface area contributed by atoms with Gasteiger partial charge in [0, 0.05) is 13.1 Å². The Bertz CT molecular complexity index is 886. The molecule has 0 saturated heterocycles. The van der Waals surface area contributed by atoms with Crippen molar-refractivity contribution in [3.05, 3.63) is 46.1 Å². The summed E-state index contributed by atoms with van der Waals surface area (Å²) in [6, 6.07) is 7.90. The van der Waals surface area contributed by atoms with E-state index in [1.807, 2.05) is 11.6 Å². The number of nitrogens with zero attached hydrogens (tertiary/aromatic N) is 3. The van der Waals surface area contributed by atoms with E-state index in [0.29, 0.717) is 10.6 Å². The van der Waals surface area contributed by atoms with Crippen LogP contribution in [0.15, 0.2) is 33.8 Å². The molecule has 3 aromatic rings. The van der Waals surface area contributed by atoms with Crippen molar-refractivity contribution in [1.82, 2.24) is 9.72 Å². The van der Waals surface area contributed by atoms with Crippen LogP contribution in [0.25, 0.3) is 10.2 Å². The van der Waals surface area contributed by atoms with Crippen LogP contribution in [0.3, 0.4) is 0 Å². The third-order valence-corrected chi connectivity index (χ3v) is 4.42. The van der Waals surface area contributed by atoms with Crippen LogP contribution < -0.4 is 4.80 Å². The SMILES string of the molecule is CCc1ccc2c(c1)sc(=NC(=O)c1cc(C)on1)n2C. The summed E-state index contributed by atoms with van der Waals surface area (Å²) in [6.45, 7) is 3.87. The molecule has 6 heteroatoms. The molecule has 21 heavy (non-hydrogen) atoms. The standard InChI is InChI=1S/C15H15N3O2S/c1-4-10-5-6-12-13(8-10)21-15(18(12)3)16-14(19)11-7-9(2)20-17-11/h5-8H,4H2,1-3H3. The van der Waals surface area contributed by atoms with Gasteiger partial charge in [0.1, 0.15) is 5.76 Å². The van der Waals surface area contributed by atoms with E-state index in [0.717, 1.165) is 16.6 Å². The predicted molar refractivity (Wildman–Crippen MR) is 81.3 cm³/mol. The Morgan fingerprint density at radius 1 is 1.43 bits per heavy atom. The molecule has 2 aromatic heterocycles. The zero-order valence-electron chi connectivity index (χ0n) is 12.1. The van der Waals surface area contributed by atoms with E-state index in [4.69, 9.17) is 4.52 Å². The largest absolute Gasteiger partial charge is 0.361 e. The Balaban J connectivity index is 2.09. The fraction of sp³-hybridized carbons (Fsp3) is 0.267. The van der Waals surface area contributed by atoms with E-state index in [1.54, 1.807) is 13.0 Å². The molecule has 3 rings (SSSR count). The van der Waals surface area contributed by atoms with E-state index in [-0.39, 0.29) is 11.6 Å². The first-order valence-electron chi connectivity index (χ1n) is 6.69. The highest BCUT2D eigenvalue weighted by atomic mass is 32.1. The summed E-state index contributed by atoms with van der Waals surface area (Å²) in [6.07, 6.45) is 0.987. The number of benzene rings is 1. The summed E-state index contributed by atoms with van der Waals surface area (Å²) >= 11 is 1.50. The molecular formula is C15H15N3O2S. The number of amides is 1. The van der Waals surface area contributed by atoms with Crippen molar-refractivity contribution in [2.45, 2.75) is 20.3 Å². The summed E-state index contributed by atoms with van der Waals surface area (Å²) < 4.78 is 7.95. The maximum Gasteiger partial charge on any atom is 0.301 e. The average Bonchev–Trinajstić information content (AvgIpc) is 3.03. The number of hydrogen-bond donors (Lipinski definition) is 0. The molecule has 108 valence electrons. The van der Waals surface area contributed by atoms with Crippen LogP contribution >= 0.6 is 11.3 Å². The second kappa shape index (κ2) is 5.29. The van der Waals surface area contributed by atoms with Gasteiger partial charge in [0.05, 0.1) is 10.2 Å². The maximum absolute atomic E-state index is 12.1. The molecule has 0 saturated carbocycles. The van der Waals surface area contributed by atoms with Gasteiger partial charge < -0.3 is 9.09 Å². The van der Waals surface area contributed by atoms with Gasteiger partial charge in [-0.05, 0) is 31.0 Å². The van der Waals surface area contributed by atoms with Crippen LogP contribution in [0.4, 0.5) is 0 Å². The van der Waals surface area contributed by atoms with Gasteiger partial charge in [0.2, 0.25) is 0 Å². The van der Waals surface area contributed by atoms with Gasteiger partial charge >= 0.3 is 5.91 Å². The minimum absolute atomic E-state index is 0.235. The summed E-state index contributed by atoms with van der Waals surface area (Å²) in [7, 11) is 1.91. The lowest BCUT2D eigenvalue weighted by atomic mass is 10.2. The van der Waals surface area contributed by atoms with Gasteiger partial charge in [-0.3, -0.25) is 4.79 Å². The normalized spacial score (nSPS) is 12.2. The van der Waals surface area contributed by atoms with Crippen molar-refractivity contribution in [3.8, 4) is 0 Å². The first-order chi connectivity index (χ1) is 10.1. The lowest BCUT2D eigenvalue weighted by molar-refractivity contribution is 0.0989. The number of fused-ring (bicyclic) bond motifs is 1. The van der Waals surface area contributed by atoms with Crippen LogP contribution in [0.1, 0.15) is 28.7 Å². The zero-order valence-corrected chi connectivity index (χ0v) is 12.9. The molecule has 0 atom stereocenters. The molecule has 0 N–H and O–H groups in total. The van der Waals surface area contributed by atoms with E-state index in [9.17, 15) is 4.79 Å². The van der Waals surface area contributed by atoms with Crippen LogP contribution in [-0.2, 0) is 13.5 Å². The van der Waals surface area contributed by atoms with Crippen molar-refractivity contribution in [2.24, 2.45) is 12.0 Å². The van der Waals surface area contributed by atoms with E-state index in [2.05, 4.69) is 35.3 Å². The highest BCUT2D eigenvalue weighted by Gasteiger charge is 2.11. The summed E-state index contributed by atoms with van der Waals surface area (Å²) in [5.74, 6) is 0.214. The van der Waals surface area contributed by atoms with Gasteiger partial charge in [-0.25, -0.2) is 0 Å². The second-order valence-electron chi connectivity index (χ2n) is 4.84. The van der Waals surface area contributed by atoms with Crippen molar-refractivity contribution in [2.75, 3.05) is 0 Å². The third kappa shape index (κ3) is 2.54. The summed E-state index contributed by atoms with van der Waals surface area (Å²) in [5, 5.41) is 3.70. The molecule has 2 heterocycles. The minimum atomic E-state index is -0.385. The van der Waals surface area contributed by atoms with Crippen LogP contribution in [-0.4, -0.2) is 15.6 Å². The molecule has 0 spiro atoms. The Hall–Kier alpha value is -2.21. The molecule has 1 amide bonds. The number of carbonyl (C=O) groups is 1. The maximum atomic E-state index is 12.1.